The molecule has 2 rings (SSSR count). The van der Waals surface area contributed by atoms with Crippen LogP contribution >= 0.6 is 11.9 Å². The predicted octanol–water partition coefficient (Wildman–Crippen LogP) is 3.28. The maximum atomic E-state index is 8.77. The normalized spacial score (nSPS) is 22.7. The van der Waals surface area contributed by atoms with Crippen molar-refractivity contribution in [3.63, 3.8) is 0 Å². The minimum atomic E-state index is 0.405. The Morgan fingerprint density at radius 1 is 1.27 bits per heavy atom. The molecule has 0 aromatic heterocycles. The van der Waals surface area contributed by atoms with E-state index in [0.29, 0.717) is 23.8 Å². The van der Waals surface area contributed by atoms with E-state index in [1.165, 1.54) is 24.0 Å². The Kier molecular flexibility index (Phi) is 9.80. The standard InChI is InChI=1S/C21H32N4S/c1-3-4-11-25-20-14-18(16-24-12-10-22)15-21(26-23-2)19(20)13-17-8-6-5-7-9-17/h5-9,15,19-21,23-25H,3-4,11-14,16H2,1-2H3. The molecule has 3 atom stereocenters. The first-order valence-corrected chi connectivity index (χ1v) is 10.5. The molecule has 26 heavy (non-hydrogen) atoms. The molecule has 5 heteroatoms. The third kappa shape index (κ3) is 6.77. The monoisotopic (exact) mass is 372 g/mol. The van der Waals surface area contributed by atoms with Crippen molar-refractivity contribution in [1.82, 2.24) is 15.4 Å². The Morgan fingerprint density at radius 2 is 2.08 bits per heavy atom. The van der Waals surface area contributed by atoms with E-state index in [1.54, 1.807) is 11.9 Å². The molecule has 0 saturated carbocycles. The Bertz CT molecular complexity index is 581. The SMILES string of the molecule is CCCCNC1CC(CNCC#N)=CC(SNC)C1Cc1ccccc1. The lowest BCUT2D eigenvalue weighted by Crippen LogP contribution is -2.46. The van der Waals surface area contributed by atoms with Crippen LogP contribution in [0.1, 0.15) is 31.7 Å². The average molecular weight is 373 g/mol. The van der Waals surface area contributed by atoms with Crippen LogP contribution in [0.3, 0.4) is 0 Å². The summed E-state index contributed by atoms with van der Waals surface area (Å²) in [7, 11) is 2.00. The van der Waals surface area contributed by atoms with Crippen molar-refractivity contribution in [2.75, 3.05) is 26.7 Å². The van der Waals surface area contributed by atoms with Crippen molar-refractivity contribution in [2.24, 2.45) is 5.92 Å². The molecule has 4 nitrogen and oxygen atoms in total. The summed E-state index contributed by atoms with van der Waals surface area (Å²) < 4.78 is 3.30. The van der Waals surface area contributed by atoms with Gasteiger partial charge in [0.1, 0.15) is 0 Å². The molecule has 3 unspecified atom stereocenters. The van der Waals surface area contributed by atoms with E-state index < -0.39 is 0 Å². The molecule has 0 bridgehead atoms. The summed E-state index contributed by atoms with van der Waals surface area (Å²) in [5.41, 5.74) is 2.81. The fourth-order valence-corrected chi connectivity index (χ4v) is 4.58. The predicted molar refractivity (Wildman–Crippen MR) is 112 cm³/mol. The van der Waals surface area contributed by atoms with Gasteiger partial charge in [-0.15, -0.1) is 0 Å². The van der Waals surface area contributed by atoms with Crippen molar-refractivity contribution in [2.45, 2.75) is 43.9 Å². The molecule has 1 aromatic carbocycles. The third-order valence-corrected chi connectivity index (χ3v) is 5.88. The fourth-order valence-electron chi connectivity index (χ4n) is 3.59. The molecule has 1 aliphatic carbocycles. The molecular formula is C21H32N4S. The molecule has 1 aromatic rings. The highest BCUT2D eigenvalue weighted by atomic mass is 32.2. The summed E-state index contributed by atoms with van der Waals surface area (Å²) >= 11 is 1.81. The molecule has 0 spiro atoms. The lowest BCUT2D eigenvalue weighted by atomic mass is 9.80. The van der Waals surface area contributed by atoms with E-state index in [4.69, 9.17) is 5.26 Å². The highest BCUT2D eigenvalue weighted by Crippen LogP contribution is 2.33. The molecule has 0 amide bonds. The van der Waals surface area contributed by atoms with Crippen molar-refractivity contribution in [1.29, 1.82) is 5.26 Å². The summed E-state index contributed by atoms with van der Waals surface area (Å²) in [6.07, 6.45) is 6.98. The molecule has 0 saturated heterocycles. The summed E-state index contributed by atoms with van der Waals surface area (Å²) in [6.45, 7) is 4.52. The van der Waals surface area contributed by atoms with Crippen LogP contribution < -0.4 is 15.4 Å². The molecule has 0 fully saturated rings. The molecule has 0 aliphatic heterocycles. The number of rotatable bonds is 11. The van der Waals surface area contributed by atoms with Crippen LogP contribution in [0.5, 0.6) is 0 Å². The highest BCUT2D eigenvalue weighted by molar-refractivity contribution is 7.98. The first-order valence-electron chi connectivity index (χ1n) is 9.65. The van der Waals surface area contributed by atoms with Gasteiger partial charge in [-0.25, -0.2) is 0 Å². The van der Waals surface area contributed by atoms with E-state index in [2.05, 4.69) is 64.8 Å². The maximum absolute atomic E-state index is 8.77. The lowest BCUT2D eigenvalue weighted by molar-refractivity contribution is 0.336. The number of nitriles is 1. The largest absolute Gasteiger partial charge is 0.313 e. The molecule has 142 valence electrons. The van der Waals surface area contributed by atoms with Crippen molar-refractivity contribution in [3.05, 3.63) is 47.5 Å². The third-order valence-electron chi connectivity index (χ3n) is 4.88. The molecule has 1 aliphatic rings. The molecule has 3 N–H and O–H groups in total. The second-order valence-electron chi connectivity index (χ2n) is 6.85. The van der Waals surface area contributed by atoms with E-state index in [9.17, 15) is 0 Å². The van der Waals surface area contributed by atoms with Gasteiger partial charge in [0.25, 0.3) is 0 Å². The van der Waals surface area contributed by atoms with E-state index in [1.807, 2.05) is 7.05 Å². The van der Waals surface area contributed by atoms with Gasteiger partial charge in [0.2, 0.25) is 0 Å². The topological polar surface area (TPSA) is 59.9 Å². The lowest BCUT2D eigenvalue weighted by Gasteiger charge is -2.38. The first kappa shape index (κ1) is 21.0. The maximum Gasteiger partial charge on any atom is 0.0843 e. The Balaban J connectivity index is 2.15. The van der Waals surface area contributed by atoms with Crippen LogP contribution in [-0.4, -0.2) is 38.0 Å². The van der Waals surface area contributed by atoms with Crippen molar-refractivity contribution >= 4 is 11.9 Å². The second-order valence-corrected chi connectivity index (χ2v) is 8.03. The zero-order chi connectivity index (χ0) is 18.6. The smallest absolute Gasteiger partial charge is 0.0843 e. The number of unbranched alkanes of at least 4 members (excludes halogenated alkanes) is 1. The van der Waals surface area contributed by atoms with Crippen molar-refractivity contribution in [3.8, 4) is 6.07 Å². The van der Waals surface area contributed by atoms with Gasteiger partial charge in [0.05, 0.1) is 12.6 Å². The fraction of sp³-hybridized carbons (Fsp3) is 0.571. The van der Waals surface area contributed by atoms with Crippen LogP contribution in [0, 0.1) is 17.2 Å². The number of benzene rings is 1. The Morgan fingerprint density at radius 3 is 2.77 bits per heavy atom. The van der Waals surface area contributed by atoms with Gasteiger partial charge in [-0.1, -0.05) is 67.3 Å². The zero-order valence-corrected chi connectivity index (χ0v) is 16.8. The Labute approximate surface area is 163 Å². The van der Waals surface area contributed by atoms with Gasteiger partial charge < -0.3 is 10.6 Å². The number of hydrogen-bond donors (Lipinski definition) is 3. The number of hydrogen-bond acceptors (Lipinski definition) is 5. The highest BCUT2D eigenvalue weighted by Gasteiger charge is 2.33. The number of nitrogens with zero attached hydrogens (tertiary/aromatic N) is 1. The minimum Gasteiger partial charge on any atom is -0.313 e. The van der Waals surface area contributed by atoms with E-state index in [-0.39, 0.29) is 0 Å². The zero-order valence-electron chi connectivity index (χ0n) is 16.0. The first-order chi connectivity index (χ1) is 12.8. The van der Waals surface area contributed by atoms with Crippen molar-refractivity contribution < 1.29 is 0 Å². The van der Waals surface area contributed by atoms with E-state index in [0.717, 1.165) is 25.9 Å². The van der Waals surface area contributed by atoms with Gasteiger partial charge in [-0.3, -0.25) is 4.72 Å². The van der Waals surface area contributed by atoms with Crippen LogP contribution in [-0.2, 0) is 6.42 Å². The van der Waals surface area contributed by atoms with Gasteiger partial charge in [0, 0.05) is 17.8 Å². The molecule has 0 heterocycles. The number of nitrogens with one attached hydrogen (secondary N) is 3. The summed E-state index contributed by atoms with van der Waals surface area (Å²) in [6, 6.07) is 13.4. The van der Waals surface area contributed by atoms with Crippen LogP contribution in [0.4, 0.5) is 0 Å². The molecule has 0 radical (unpaired) electrons. The van der Waals surface area contributed by atoms with Crippen LogP contribution in [0.15, 0.2) is 42.0 Å². The van der Waals surface area contributed by atoms with Crippen LogP contribution in [0.2, 0.25) is 0 Å². The van der Waals surface area contributed by atoms with E-state index >= 15 is 0 Å². The second kappa shape index (κ2) is 12.1. The van der Waals surface area contributed by atoms with Gasteiger partial charge in [0.15, 0.2) is 0 Å². The summed E-state index contributed by atoms with van der Waals surface area (Å²) in [5, 5.41) is 16.3. The van der Waals surface area contributed by atoms with Gasteiger partial charge in [-0.05, 0) is 44.3 Å². The minimum absolute atomic E-state index is 0.405. The quantitative estimate of drug-likeness (QED) is 0.241. The van der Waals surface area contributed by atoms with Gasteiger partial charge in [-0.2, -0.15) is 5.26 Å². The molecular weight excluding hydrogens is 340 g/mol. The van der Waals surface area contributed by atoms with Crippen LogP contribution in [0.25, 0.3) is 0 Å². The summed E-state index contributed by atoms with van der Waals surface area (Å²) in [5.74, 6) is 0.548. The van der Waals surface area contributed by atoms with Gasteiger partial charge >= 0.3 is 0 Å². The Hall–Kier alpha value is -1.32. The average Bonchev–Trinajstić information content (AvgIpc) is 2.66. The summed E-state index contributed by atoms with van der Waals surface area (Å²) in [4.78, 5) is 0.